The third-order valence-electron chi connectivity index (χ3n) is 3.56. The summed E-state index contributed by atoms with van der Waals surface area (Å²) in [6.45, 7) is 0.871. The zero-order valence-corrected chi connectivity index (χ0v) is 10.8. The van der Waals surface area contributed by atoms with E-state index in [1.54, 1.807) is 12.1 Å². The number of nitrogens with zero attached hydrogens (tertiary/aromatic N) is 1. The number of aliphatic imine (C=N–C) groups is 1. The standard InChI is InChI=1S/C17H16FN/c18-16-7-3-4-13(11-16)10-15-6-2-1-5-14-8-9-19-12-17(14)15/h1-5,7,11-12H,6,8-10H2. The first kappa shape index (κ1) is 12.1. The van der Waals surface area contributed by atoms with Crippen LogP contribution in [0.2, 0.25) is 0 Å². The molecule has 0 saturated carbocycles. The summed E-state index contributed by atoms with van der Waals surface area (Å²) in [6.07, 6.45) is 11.2. The molecule has 0 N–H and O–H groups in total. The molecule has 0 atom stereocenters. The highest BCUT2D eigenvalue weighted by Gasteiger charge is 2.14. The fourth-order valence-corrected chi connectivity index (χ4v) is 2.62. The highest BCUT2D eigenvalue weighted by Crippen LogP contribution is 2.27. The maximum absolute atomic E-state index is 13.3. The van der Waals surface area contributed by atoms with E-state index in [1.807, 2.05) is 12.3 Å². The number of rotatable bonds is 2. The van der Waals surface area contributed by atoms with Crippen LogP contribution in [0.3, 0.4) is 0 Å². The van der Waals surface area contributed by atoms with Gasteiger partial charge >= 0.3 is 0 Å². The molecule has 2 aliphatic rings. The zero-order chi connectivity index (χ0) is 13.1. The van der Waals surface area contributed by atoms with Crippen LogP contribution in [0.15, 0.2) is 64.2 Å². The third-order valence-corrected chi connectivity index (χ3v) is 3.56. The SMILES string of the molecule is Fc1cccc(CC2=C3C=NCCC3=CC=CC2)c1. The minimum Gasteiger partial charge on any atom is -0.292 e. The van der Waals surface area contributed by atoms with E-state index in [1.165, 1.54) is 22.8 Å². The minimum absolute atomic E-state index is 0.166. The summed E-state index contributed by atoms with van der Waals surface area (Å²) in [7, 11) is 0. The lowest BCUT2D eigenvalue weighted by Crippen LogP contribution is -2.06. The van der Waals surface area contributed by atoms with Crippen molar-refractivity contribution in [3.8, 4) is 0 Å². The highest BCUT2D eigenvalue weighted by molar-refractivity contribution is 5.87. The second-order valence-corrected chi connectivity index (χ2v) is 4.93. The number of allylic oxidation sites excluding steroid dienone is 5. The molecule has 3 rings (SSSR count). The van der Waals surface area contributed by atoms with Crippen molar-refractivity contribution in [2.45, 2.75) is 19.3 Å². The number of hydrogen-bond donors (Lipinski definition) is 0. The third kappa shape index (κ3) is 2.73. The molecule has 0 bridgehead atoms. The first-order valence-electron chi connectivity index (χ1n) is 6.65. The van der Waals surface area contributed by atoms with Gasteiger partial charge in [-0.1, -0.05) is 35.9 Å². The molecule has 1 heterocycles. The van der Waals surface area contributed by atoms with Crippen LogP contribution in [0.25, 0.3) is 0 Å². The van der Waals surface area contributed by atoms with Crippen LogP contribution in [0.5, 0.6) is 0 Å². The Morgan fingerprint density at radius 3 is 3.11 bits per heavy atom. The van der Waals surface area contributed by atoms with Gasteiger partial charge in [0.05, 0.1) is 0 Å². The van der Waals surface area contributed by atoms with Crippen molar-refractivity contribution in [3.05, 3.63) is 70.6 Å². The lowest BCUT2D eigenvalue weighted by molar-refractivity contribution is 0.626. The van der Waals surface area contributed by atoms with Crippen molar-refractivity contribution in [2.75, 3.05) is 6.54 Å². The second-order valence-electron chi connectivity index (χ2n) is 4.93. The normalized spacial score (nSPS) is 18.1. The van der Waals surface area contributed by atoms with Gasteiger partial charge in [0.1, 0.15) is 5.82 Å². The summed E-state index contributed by atoms with van der Waals surface area (Å²) in [5.41, 5.74) is 4.96. The van der Waals surface area contributed by atoms with Gasteiger partial charge in [0, 0.05) is 12.8 Å². The van der Waals surface area contributed by atoms with Crippen molar-refractivity contribution in [1.82, 2.24) is 0 Å². The van der Waals surface area contributed by atoms with Gasteiger partial charge in [-0.15, -0.1) is 0 Å². The van der Waals surface area contributed by atoms with Crippen LogP contribution < -0.4 is 0 Å². The summed E-state index contributed by atoms with van der Waals surface area (Å²) in [5, 5.41) is 0. The van der Waals surface area contributed by atoms with E-state index in [-0.39, 0.29) is 5.82 Å². The van der Waals surface area contributed by atoms with Gasteiger partial charge in [-0.3, -0.25) is 4.99 Å². The van der Waals surface area contributed by atoms with Gasteiger partial charge < -0.3 is 0 Å². The molecule has 1 aliphatic carbocycles. The van der Waals surface area contributed by atoms with E-state index in [9.17, 15) is 4.39 Å². The molecule has 19 heavy (non-hydrogen) atoms. The molecule has 1 nitrogen and oxygen atoms in total. The molecule has 0 unspecified atom stereocenters. The lowest BCUT2D eigenvalue weighted by atomic mass is 9.92. The fraction of sp³-hybridized carbons (Fsp3) is 0.235. The Morgan fingerprint density at radius 2 is 2.21 bits per heavy atom. The van der Waals surface area contributed by atoms with E-state index in [0.717, 1.165) is 31.4 Å². The van der Waals surface area contributed by atoms with Crippen LogP contribution in [0.1, 0.15) is 18.4 Å². The van der Waals surface area contributed by atoms with Crippen LogP contribution >= 0.6 is 0 Å². The summed E-state index contributed by atoms with van der Waals surface area (Å²) in [4.78, 5) is 4.39. The van der Waals surface area contributed by atoms with Crippen LogP contribution in [-0.4, -0.2) is 12.8 Å². The topological polar surface area (TPSA) is 12.4 Å². The Bertz CT molecular complexity index is 605. The monoisotopic (exact) mass is 253 g/mol. The summed E-state index contributed by atoms with van der Waals surface area (Å²) < 4.78 is 13.3. The Balaban J connectivity index is 1.96. The maximum atomic E-state index is 13.3. The van der Waals surface area contributed by atoms with Crippen molar-refractivity contribution in [2.24, 2.45) is 4.99 Å². The molecular formula is C17H16FN. The van der Waals surface area contributed by atoms with Crippen LogP contribution in [-0.2, 0) is 6.42 Å². The average molecular weight is 253 g/mol. The number of benzene rings is 1. The quantitative estimate of drug-likeness (QED) is 0.754. The molecule has 2 heteroatoms. The minimum atomic E-state index is -0.166. The van der Waals surface area contributed by atoms with E-state index >= 15 is 0 Å². The summed E-state index contributed by atoms with van der Waals surface area (Å²) in [5.74, 6) is -0.166. The number of fused-ring (bicyclic) bond motifs is 1. The molecule has 1 aliphatic heterocycles. The smallest absolute Gasteiger partial charge is 0.123 e. The molecule has 96 valence electrons. The maximum Gasteiger partial charge on any atom is 0.123 e. The predicted octanol–water partition coefficient (Wildman–Crippen LogP) is 4.03. The zero-order valence-electron chi connectivity index (χ0n) is 10.8. The first-order valence-corrected chi connectivity index (χ1v) is 6.65. The lowest BCUT2D eigenvalue weighted by Gasteiger charge is -2.16. The Labute approximate surface area is 112 Å². The average Bonchev–Trinajstić information content (AvgIpc) is 2.62. The van der Waals surface area contributed by atoms with Crippen LogP contribution in [0, 0.1) is 5.82 Å². The fourth-order valence-electron chi connectivity index (χ4n) is 2.62. The Hall–Kier alpha value is -1.96. The van der Waals surface area contributed by atoms with Gasteiger partial charge in [-0.2, -0.15) is 0 Å². The Kier molecular flexibility index (Phi) is 3.41. The molecule has 1 aromatic carbocycles. The molecule has 0 spiro atoms. The van der Waals surface area contributed by atoms with E-state index in [0.29, 0.717) is 0 Å². The first-order chi connectivity index (χ1) is 9.33. The van der Waals surface area contributed by atoms with E-state index in [4.69, 9.17) is 0 Å². The molecule has 0 amide bonds. The van der Waals surface area contributed by atoms with E-state index < -0.39 is 0 Å². The summed E-state index contributed by atoms with van der Waals surface area (Å²) in [6, 6.07) is 6.86. The van der Waals surface area contributed by atoms with Crippen molar-refractivity contribution < 1.29 is 4.39 Å². The van der Waals surface area contributed by atoms with E-state index in [2.05, 4.69) is 23.2 Å². The highest BCUT2D eigenvalue weighted by atomic mass is 19.1. The molecule has 1 aromatic rings. The van der Waals surface area contributed by atoms with Gasteiger partial charge in [-0.25, -0.2) is 4.39 Å². The predicted molar refractivity (Wildman–Crippen MR) is 76.9 cm³/mol. The number of halogens is 1. The van der Waals surface area contributed by atoms with Gasteiger partial charge in [0.25, 0.3) is 0 Å². The largest absolute Gasteiger partial charge is 0.292 e. The molecule has 0 radical (unpaired) electrons. The molecular weight excluding hydrogens is 237 g/mol. The van der Waals surface area contributed by atoms with Gasteiger partial charge in [0.15, 0.2) is 0 Å². The molecule has 0 saturated heterocycles. The molecule has 0 fully saturated rings. The Morgan fingerprint density at radius 1 is 1.26 bits per heavy atom. The summed E-state index contributed by atoms with van der Waals surface area (Å²) >= 11 is 0. The second kappa shape index (κ2) is 5.35. The molecule has 0 aromatic heterocycles. The van der Waals surface area contributed by atoms with Crippen molar-refractivity contribution in [3.63, 3.8) is 0 Å². The van der Waals surface area contributed by atoms with Crippen molar-refractivity contribution >= 4 is 6.21 Å². The van der Waals surface area contributed by atoms with Crippen molar-refractivity contribution in [1.29, 1.82) is 0 Å². The number of hydrogen-bond acceptors (Lipinski definition) is 1. The van der Waals surface area contributed by atoms with Gasteiger partial charge in [-0.05, 0) is 48.1 Å². The van der Waals surface area contributed by atoms with Gasteiger partial charge in [0.2, 0.25) is 0 Å². The van der Waals surface area contributed by atoms with Crippen LogP contribution in [0.4, 0.5) is 4.39 Å².